The molecule has 3 N–H and O–H groups in total. The monoisotopic (exact) mass is 379 g/mol. The second-order valence-corrected chi connectivity index (χ2v) is 6.30. The van der Waals surface area contributed by atoms with Gasteiger partial charge in [-0.2, -0.15) is 4.98 Å². The third-order valence-electron chi connectivity index (χ3n) is 3.76. The van der Waals surface area contributed by atoms with Crippen molar-refractivity contribution in [1.82, 2.24) is 9.97 Å². The van der Waals surface area contributed by atoms with Gasteiger partial charge in [-0.3, -0.25) is 0 Å². The number of thiocarbonyl (C=S) groups is 1. The molecule has 8 heteroatoms. The molecule has 0 fully saturated rings. The van der Waals surface area contributed by atoms with Crippen LogP contribution in [0.2, 0.25) is 5.28 Å². The van der Waals surface area contributed by atoms with Crippen LogP contribution in [0.5, 0.6) is 0 Å². The van der Waals surface area contributed by atoms with Crippen LogP contribution in [-0.2, 0) is 11.3 Å². The van der Waals surface area contributed by atoms with E-state index in [9.17, 15) is 0 Å². The third kappa shape index (κ3) is 5.34. The van der Waals surface area contributed by atoms with Gasteiger partial charge in [-0.15, -0.1) is 0 Å². The van der Waals surface area contributed by atoms with Gasteiger partial charge in [-0.1, -0.05) is 42.5 Å². The lowest BCUT2D eigenvalue weighted by Gasteiger charge is -2.36. The lowest BCUT2D eigenvalue weighted by atomic mass is 10.1. The van der Waals surface area contributed by atoms with Crippen molar-refractivity contribution in [2.24, 2.45) is 5.73 Å². The highest BCUT2D eigenvalue weighted by molar-refractivity contribution is 7.79. The Morgan fingerprint density at radius 3 is 2.76 bits per heavy atom. The molecule has 0 saturated carbocycles. The summed E-state index contributed by atoms with van der Waals surface area (Å²) in [6, 6.07) is 9.99. The average Bonchev–Trinajstić information content (AvgIpc) is 2.60. The van der Waals surface area contributed by atoms with E-state index in [2.05, 4.69) is 15.3 Å². The summed E-state index contributed by atoms with van der Waals surface area (Å²) in [5.41, 5.74) is 8.96. The van der Waals surface area contributed by atoms with Crippen molar-refractivity contribution in [2.75, 3.05) is 23.9 Å². The summed E-state index contributed by atoms with van der Waals surface area (Å²) in [5, 5.41) is 3.15. The van der Waals surface area contributed by atoms with E-state index in [1.54, 1.807) is 18.1 Å². The van der Waals surface area contributed by atoms with Gasteiger partial charge in [0.25, 0.3) is 0 Å². The Kier molecular flexibility index (Phi) is 7.07. The maximum absolute atomic E-state index is 6.47. The van der Waals surface area contributed by atoms with Crippen LogP contribution in [0.25, 0.3) is 0 Å². The molecule has 1 aromatic heterocycles. The maximum atomic E-state index is 6.47. The highest BCUT2D eigenvalue weighted by atomic mass is 35.5. The molecule has 0 spiro atoms. The van der Waals surface area contributed by atoms with Crippen LogP contribution in [0, 0.1) is 0 Å². The van der Waals surface area contributed by atoms with E-state index in [0.29, 0.717) is 31.1 Å². The zero-order valence-corrected chi connectivity index (χ0v) is 15.8. The molecule has 25 heavy (non-hydrogen) atoms. The number of hydrogen-bond donors (Lipinski definition) is 2. The first-order valence-corrected chi connectivity index (χ1v) is 8.68. The number of halogens is 1. The van der Waals surface area contributed by atoms with Gasteiger partial charge in [0, 0.05) is 13.5 Å². The van der Waals surface area contributed by atoms with Crippen molar-refractivity contribution in [2.45, 2.75) is 25.6 Å². The SMILES string of the molecule is CNc1cnc(Cl)nc1N(C=S)C(C)(N)CCOCc1ccccc1. The van der Waals surface area contributed by atoms with E-state index in [1.807, 2.05) is 37.3 Å². The molecule has 0 radical (unpaired) electrons. The Morgan fingerprint density at radius 1 is 1.40 bits per heavy atom. The van der Waals surface area contributed by atoms with Crippen LogP contribution >= 0.6 is 23.8 Å². The van der Waals surface area contributed by atoms with Crippen LogP contribution < -0.4 is 16.0 Å². The normalized spacial score (nSPS) is 13.1. The largest absolute Gasteiger partial charge is 0.384 e. The zero-order chi connectivity index (χ0) is 18.3. The van der Waals surface area contributed by atoms with E-state index in [0.717, 1.165) is 5.56 Å². The molecule has 134 valence electrons. The molecule has 0 amide bonds. The Bertz CT molecular complexity index is 699. The molecule has 6 nitrogen and oxygen atoms in total. The van der Waals surface area contributed by atoms with Crippen molar-refractivity contribution >= 4 is 40.8 Å². The molecular formula is C17H22ClN5OS. The number of rotatable bonds is 9. The minimum Gasteiger partial charge on any atom is -0.384 e. The molecule has 0 aliphatic heterocycles. The van der Waals surface area contributed by atoms with Crippen LogP contribution in [0.15, 0.2) is 36.5 Å². The number of hydrogen-bond acceptors (Lipinski definition) is 6. The fraction of sp³-hybridized carbons (Fsp3) is 0.353. The minimum absolute atomic E-state index is 0.131. The Labute approximate surface area is 158 Å². The number of anilines is 2. The molecule has 0 bridgehead atoms. The maximum Gasteiger partial charge on any atom is 0.224 e. The Hall–Kier alpha value is -1.80. The zero-order valence-electron chi connectivity index (χ0n) is 14.3. The van der Waals surface area contributed by atoms with Gasteiger partial charge in [0.1, 0.15) is 0 Å². The predicted octanol–water partition coefficient (Wildman–Crippen LogP) is 3.22. The summed E-state index contributed by atoms with van der Waals surface area (Å²) in [6.07, 6.45) is 2.15. The van der Waals surface area contributed by atoms with E-state index >= 15 is 0 Å². The molecule has 0 aliphatic rings. The van der Waals surface area contributed by atoms with Crippen LogP contribution in [0.4, 0.5) is 11.5 Å². The smallest absolute Gasteiger partial charge is 0.224 e. The molecule has 1 atom stereocenters. The quantitative estimate of drug-likeness (QED) is 0.300. The fourth-order valence-corrected chi connectivity index (χ4v) is 2.76. The van der Waals surface area contributed by atoms with Gasteiger partial charge in [0.15, 0.2) is 5.82 Å². The number of ether oxygens (including phenoxy) is 1. The summed E-state index contributed by atoms with van der Waals surface area (Å²) < 4.78 is 5.74. The summed E-state index contributed by atoms with van der Waals surface area (Å²) >= 11 is 11.1. The standard InChI is InChI=1S/C17H22ClN5OS/c1-17(19,8-9-24-11-13-6-4-3-5-7-13)23(12-25)15-14(20-2)10-21-16(18)22-15/h3-7,10,12,20H,8-9,11,19H2,1-2H3. The Balaban J connectivity index is 2.03. The predicted molar refractivity (Wildman–Crippen MR) is 106 cm³/mol. The third-order valence-corrected chi connectivity index (χ3v) is 4.15. The van der Waals surface area contributed by atoms with Gasteiger partial charge in [0.2, 0.25) is 5.28 Å². The molecule has 0 saturated heterocycles. The second-order valence-electron chi connectivity index (χ2n) is 5.75. The topological polar surface area (TPSA) is 76.3 Å². The van der Waals surface area contributed by atoms with Crippen LogP contribution in [0.1, 0.15) is 18.9 Å². The van der Waals surface area contributed by atoms with Crippen molar-refractivity contribution in [1.29, 1.82) is 0 Å². The van der Waals surface area contributed by atoms with Gasteiger partial charge < -0.3 is 20.7 Å². The van der Waals surface area contributed by atoms with E-state index in [1.165, 1.54) is 5.49 Å². The molecule has 1 aromatic carbocycles. The van der Waals surface area contributed by atoms with Crippen molar-refractivity contribution in [3.05, 3.63) is 47.4 Å². The summed E-state index contributed by atoms with van der Waals surface area (Å²) in [5.74, 6) is 0.533. The van der Waals surface area contributed by atoms with E-state index in [4.69, 9.17) is 34.3 Å². The summed E-state index contributed by atoms with van der Waals surface area (Å²) in [6.45, 7) is 2.89. The lowest BCUT2D eigenvalue weighted by Crippen LogP contribution is -2.54. The lowest BCUT2D eigenvalue weighted by molar-refractivity contribution is 0.105. The van der Waals surface area contributed by atoms with Crippen molar-refractivity contribution in [3.63, 3.8) is 0 Å². The van der Waals surface area contributed by atoms with E-state index < -0.39 is 5.66 Å². The fourth-order valence-electron chi connectivity index (χ4n) is 2.29. The van der Waals surface area contributed by atoms with Gasteiger partial charge in [0.05, 0.1) is 36.3 Å². The van der Waals surface area contributed by atoms with Crippen molar-refractivity contribution < 1.29 is 4.74 Å². The highest BCUT2D eigenvalue weighted by Gasteiger charge is 2.29. The van der Waals surface area contributed by atoms with Crippen LogP contribution in [0.3, 0.4) is 0 Å². The molecule has 2 aromatic rings. The summed E-state index contributed by atoms with van der Waals surface area (Å²) in [4.78, 5) is 9.93. The molecule has 2 rings (SSSR count). The number of nitrogens with one attached hydrogen (secondary N) is 1. The van der Waals surface area contributed by atoms with Crippen LogP contribution in [-0.4, -0.2) is 34.8 Å². The number of benzene rings is 1. The first-order valence-electron chi connectivity index (χ1n) is 7.83. The first-order chi connectivity index (χ1) is 12.0. The molecule has 1 unspecified atom stereocenters. The van der Waals surface area contributed by atoms with E-state index in [-0.39, 0.29) is 5.28 Å². The van der Waals surface area contributed by atoms with Gasteiger partial charge in [-0.05, 0) is 24.1 Å². The molecular weight excluding hydrogens is 358 g/mol. The molecule has 1 heterocycles. The second kappa shape index (κ2) is 9.05. The van der Waals surface area contributed by atoms with Gasteiger partial charge in [-0.25, -0.2) is 4.98 Å². The highest BCUT2D eigenvalue weighted by Crippen LogP contribution is 2.28. The number of aromatic nitrogens is 2. The average molecular weight is 380 g/mol. The van der Waals surface area contributed by atoms with Gasteiger partial charge >= 0.3 is 0 Å². The number of nitrogens with two attached hydrogens (primary N) is 1. The summed E-state index contributed by atoms with van der Waals surface area (Å²) in [7, 11) is 1.77. The minimum atomic E-state index is -0.790. The Morgan fingerprint density at radius 2 is 2.12 bits per heavy atom. The number of nitrogens with zero attached hydrogens (tertiary/aromatic N) is 3. The molecule has 0 aliphatic carbocycles. The van der Waals surface area contributed by atoms with Crippen molar-refractivity contribution in [3.8, 4) is 0 Å². The first kappa shape index (κ1) is 19.5.